The van der Waals surface area contributed by atoms with Crippen molar-refractivity contribution in [3.8, 4) is 0 Å². The molecular formula is C10H14OS. The van der Waals surface area contributed by atoms with Crippen LogP contribution < -0.4 is 0 Å². The lowest BCUT2D eigenvalue weighted by Crippen LogP contribution is -1.86. The Balaban J connectivity index is 2.84. The van der Waals surface area contributed by atoms with Gasteiger partial charge in [0.1, 0.15) is 0 Å². The highest BCUT2D eigenvalue weighted by molar-refractivity contribution is 7.14. The SMILES string of the molecule is CCC(C)c1ccc(C(C)=O)s1. The van der Waals surface area contributed by atoms with E-state index < -0.39 is 0 Å². The smallest absolute Gasteiger partial charge is 0.169 e. The topological polar surface area (TPSA) is 17.1 Å². The molecule has 2 heteroatoms. The summed E-state index contributed by atoms with van der Waals surface area (Å²) in [6.07, 6.45) is 1.14. The summed E-state index contributed by atoms with van der Waals surface area (Å²) in [4.78, 5) is 13.2. The Bertz CT molecular complexity index is 275. The minimum Gasteiger partial charge on any atom is -0.294 e. The summed E-state index contributed by atoms with van der Waals surface area (Å²) < 4.78 is 0. The fraction of sp³-hybridized carbons (Fsp3) is 0.500. The first kappa shape index (κ1) is 9.46. The van der Waals surface area contributed by atoms with E-state index in [4.69, 9.17) is 0 Å². The number of ketones is 1. The highest BCUT2D eigenvalue weighted by Gasteiger charge is 2.08. The van der Waals surface area contributed by atoms with Gasteiger partial charge in [-0.1, -0.05) is 13.8 Å². The van der Waals surface area contributed by atoms with Gasteiger partial charge in [0.2, 0.25) is 0 Å². The van der Waals surface area contributed by atoms with Gasteiger partial charge in [0.25, 0.3) is 0 Å². The summed E-state index contributed by atoms with van der Waals surface area (Å²) in [5.74, 6) is 0.762. The van der Waals surface area contributed by atoms with Crippen molar-refractivity contribution in [1.82, 2.24) is 0 Å². The van der Waals surface area contributed by atoms with E-state index in [2.05, 4.69) is 19.9 Å². The summed E-state index contributed by atoms with van der Waals surface area (Å²) in [7, 11) is 0. The third-order valence-electron chi connectivity index (χ3n) is 2.07. The lowest BCUT2D eigenvalue weighted by atomic mass is 10.1. The van der Waals surface area contributed by atoms with Gasteiger partial charge >= 0.3 is 0 Å². The summed E-state index contributed by atoms with van der Waals surface area (Å²) in [5, 5.41) is 0. The molecule has 1 aromatic heterocycles. The Labute approximate surface area is 77.4 Å². The maximum atomic E-state index is 11.0. The van der Waals surface area contributed by atoms with E-state index in [1.54, 1.807) is 18.3 Å². The standard InChI is InChI=1S/C10H14OS/c1-4-7(2)9-5-6-10(12-9)8(3)11/h5-7H,4H2,1-3H3. The van der Waals surface area contributed by atoms with Crippen molar-refractivity contribution in [2.75, 3.05) is 0 Å². The molecule has 0 aromatic carbocycles. The number of carbonyl (C=O) groups is 1. The summed E-state index contributed by atoms with van der Waals surface area (Å²) in [6, 6.07) is 3.99. The van der Waals surface area contributed by atoms with E-state index in [1.165, 1.54) is 4.88 Å². The van der Waals surface area contributed by atoms with Gasteiger partial charge in [-0.25, -0.2) is 0 Å². The zero-order valence-electron chi connectivity index (χ0n) is 7.76. The maximum Gasteiger partial charge on any atom is 0.169 e. The lowest BCUT2D eigenvalue weighted by Gasteiger charge is -2.02. The first-order chi connectivity index (χ1) is 5.65. The van der Waals surface area contributed by atoms with Gasteiger partial charge in [-0.05, 0) is 31.4 Å². The average molecular weight is 182 g/mol. The van der Waals surface area contributed by atoms with Crippen LogP contribution in [0.3, 0.4) is 0 Å². The molecule has 0 bridgehead atoms. The Morgan fingerprint density at radius 1 is 1.58 bits per heavy atom. The zero-order chi connectivity index (χ0) is 9.14. The summed E-state index contributed by atoms with van der Waals surface area (Å²) in [5.41, 5.74) is 0. The van der Waals surface area contributed by atoms with Crippen LogP contribution in [0.15, 0.2) is 12.1 Å². The van der Waals surface area contributed by atoms with Gasteiger partial charge in [0.15, 0.2) is 5.78 Å². The van der Waals surface area contributed by atoms with Crippen LogP contribution in [-0.4, -0.2) is 5.78 Å². The number of hydrogen-bond donors (Lipinski definition) is 0. The fourth-order valence-corrected chi connectivity index (χ4v) is 2.05. The van der Waals surface area contributed by atoms with E-state index in [1.807, 2.05) is 6.07 Å². The molecule has 1 heterocycles. The van der Waals surface area contributed by atoms with Crippen molar-refractivity contribution < 1.29 is 4.79 Å². The first-order valence-electron chi connectivity index (χ1n) is 4.25. The Morgan fingerprint density at radius 2 is 2.25 bits per heavy atom. The predicted octanol–water partition coefficient (Wildman–Crippen LogP) is 3.46. The number of carbonyl (C=O) groups excluding carboxylic acids is 1. The van der Waals surface area contributed by atoms with Crippen LogP contribution in [0.1, 0.15) is 47.7 Å². The molecule has 0 N–H and O–H groups in total. The van der Waals surface area contributed by atoms with Gasteiger partial charge in [-0.2, -0.15) is 0 Å². The van der Waals surface area contributed by atoms with Crippen molar-refractivity contribution in [3.63, 3.8) is 0 Å². The third kappa shape index (κ3) is 1.95. The molecule has 12 heavy (non-hydrogen) atoms. The maximum absolute atomic E-state index is 11.0. The summed E-state index contributed by atoms with van der Waals surface area (Å²) in [6.45, 7) is 5.97. The Kier molecular flexibility index (Phi) is 3.04. The largest absolute Gasteiger partial charge is 0.294 e. The zero-order valence-corrected chi connectivity index (χ0v) is 8.57. The summed E-state index contributed by atoms with van der Waals surface area (Å²) >= 11 is 1.62. The predicted molar refractivity (Wildman–Crippen MR) is 53.0 cm³/mol. The number of hydrogen-bond acceptors (Lipinski definition) is 2. The number of rotatable bonds is 3. The first-order valence-corrected chi connectivity index (χ1v) is 5.07. The minimum atomic E-state index is 0.176. The second-order valence-electron chi connectivity index (χ2n) is 3.07. The van der Waals surface area contributed by atoms with Crippen LogP contribution in [0.5, 0.6) is 0 Å². The highest BCUT2D eigenvalue weighted by atomic mass is 32.1. The molecule has 0 saturated carbocycles. The molecule has 66 valence electrons. The molecule has 0 saturated heterocycles. The van der Waals surface area contributed by atoms with Gasteiger partial charge in [0, 0.05) is 4.88 Å². The molecule has 0 aliphatic carbocycles. The van der Waals surface area contributed by atoms with E-state index in [0.29, 0.717) is 5.92 Å². The second kappa shape index (κ2) is 3.85. The van der Waals surface area contributed by atoms with Crippen LogP contribution in [0, 0.1) is 0 Å². The quantitative estimate of drug-likeness (QED) is 0.654. The molecule has 1 aromatic rings. The molecule has 0 aliphatic rings. The van der Waals surface area contributed by atoms with E-state index in [9.17, 15) is 4.79 Å². The minimum absolute atomic E-state index is 0.176. The Hall–Kier alpha value is -0.630. The van der Waals surface area contributed by atoms with Crippen molar-refractivity contribution >= 4 is 17.1 Å². The second-order valence-corrected chi connectivity index (χ2v) is 4.18. The molecule has 0 aliphatic heterocycles. The lowest BCUT2D eigenvalue weighted by molar-refractivity contribution is 0.102. The molecule has 1 unspecified atom stereocenters. The van der Waals surface area contributed by atoms with E-state index in [0.717, 1.165) is 11.3 Å². The van der Waals surface area contributed by atoms with Crippen LogP contribution in [0.4, 0.5) is 0 Å². The van der Waals surface area contributed by atoms with Crippen LogP contribution in [0.25, 0.3) is 0 Å². The van der Waals surface area contributed by atoms with Crippen molar-refractivity contribution in [2.24, 2.45) is 0 Å². The molecule has 1 atom stereocenters. The molecular weight excluding hydrogens is 168 g/mol. The van der Waals surface area contributed by atoms with Crippen LogP contribution >= 0.6 is 11.3 Å². The molecule has 0 radical (unpaired) electrons. The van der Waals surface area contributed by atoms with Crippen LogP contribution in [0.2, 0.25) is 0 Å². The molecule has 0 fully saturated rings. The van der Waals surface area contributed by atoms with Crippen molar-refractivity contribution in [1.29, 1.82) is 0 Å². The highest BCUT2D eigenvalue weighted by Crippen LogP contribution is 2.26. The van der Waals surface area contributed by atoms with Gasteiger partial charge < -0.3 is 0 Å². The normalized spacial score (nSPS) is 12.9. The third-order valence-corrected chi connectivity index (χ3v) is 3.49. The van der Waals surface area contributed by atoms with Crippen molar-refractivity contribution in [2.45, 2.75) is 33.1 Å². The van der Waals surface area contributed by atoms with E-state index in [-0.39, 0.29) is 5.78 Å². The van der Waals surface area contributed by atoms with Crippen molar-refractivity contribution in [3.05, 3.63) is 21.9 Å². The van der Waals surface area contributed by atoms with Gasteiger partial charge in [-0.3, -0.25) is 4.79 Å². The molecule has 0 spiro atoms. The van der Waals surface area contributed by atoms with Gasteiger partial charge in [-0.15, -0.1) is 11.3 Å². The molecule has 1 rings (SSSR count). The molecule has 1 nitrogen and oxygen atoms in total. The monoisotopic (exact) mass is 182 g/mol. The molecule has 0 amide bonds. The van der Waals surface area contributed by atoms with E-state index >= 15 is 0 Å². The fourth-order valence-electron chi connectivity index (χ4n) is 1.01. The van der Waals surface area contributed by atoms with Crippen LogP contribution in [-0.2, 0) is 0 Å². The number of Topliss-reactive ketones (excluding diaryl/α,β-unsaturated/α-hetero) is 1. The Morgan fingerprint density at radius 3 is 2.67 bits per heavy atom. The van der Waals surface area contributed by atoms with Gasteiger partial charge in [0.05, 0.1) is 4.88 Å². The number of thiophene rings is 1. The average Bonchev–Trinajstić information content (AvgIpc) is 2.51.